The number of hydrogen-bond donors (Lipinski definition) is 2. The Morgan fingerprint density at radius 2 is 2.14 bits per heavy atom. The fourth-order valence-corrected chi connectivity index (χ4v) is 1.62. The largest absolute Gasteiger partial charge is 0.505 e. The molecular weight excluding hydrogens is 181 g/mol. The van der Waals surface area contributed by atoms with Gasteiger partial charge in [0.05, 0.1) is 0 Å². The molecule has 0 aliphatic heterocycles. The first kappa shape index (κ1) is 11.0. The number of halogens is 1. The van der Waals surface area contributed by atoms with E-state index in [4.69, 9.17) is 10.8 Å². The predicted molar refractivity (Wildman–Crippen MR) is 54.9 cm³/mol. The standard InChI is InChI=1S/C11H16FNO/c1-7(3-4-13)9-6-10(12)11(14)5-8(9)2/h5-7,14H,3-4,13H2,1-2H3. The van der Waals surface area contributed by atoms with Gasteiger partial charge >= 0.3 is 0 Å². The molecule has 3 N–H and O–H groups in total. The molecule has 3 heteroatoms. The monoisotopic (exact) mass is 197 g/mol. The van der Waals surface area contributed by atoms with Crippen LogP contribution >= 0.6 is 0 Å². The fourth-order valence-electron chi connectivity index (χ4n) is 1.62. The quantitative estimate of drug-likeness (QED) is 0.781. The number of nitrogens with two attached hydrogens (primary N) is 1. The Hall–Kier alpha value is -1.09. The third-order valence-electron chi connectivity index (χ3n) is 2.47. The molecule has 0 fully saturated rings. The molecule has 14 heavy (non-hydrogen) atoms. The summed E-state index contributed by atoms with van der Waals surface area (Å²) in [6.45, 7) is 4.45. The highest BCUT2D eigenvalue weighted by Crippen LogP contribution is 2.27. The molecule has 1 rings (SSSR count). The van der Waals surface area contributed by atoms with Crippen LogP contribution in [-0.4, -0.2) is 11.7 Å². The Balaban J connectivity index is 3.02. The minimum absolute atomic E-state index is 0.232. The Bertz CT molecular complexity index is 325. The molecule has 78 valence electrons. The van der Waals surface area contributed by atoms with Crippen molar-refractivity contribution in [3.63, 3.8) is 0 Å². The Labute approximate surface area is 83.6 Å². The normalized spacial score (nSPS) is 12.9. The SMILES string of the molecule is Cc1cc(O)c(F)cc1C(C)CCN. The van der Waals surface area contributed by atoms with Gasteiger partial charge in [0.25, 0.3) is 0 Å². The van der Waals surface area contributed by atoms with E-state index in [1.165, 1.54) is 12.1 Å². The third-order valence-corrected chi connectivity index (χ3v) is 2.47. The number of benzene rings is 1. The van der Waals surface area contributed by atoms with Crippen molar-refractivity contribution >= 4 is 0 Å². The molecule has 0 aliphatic carbocycles. The maximum atomic E-state index is 13.1. The summed E-state index contributed by atoms with van der Waals surface area (Å²) in [5.41, 5.74) is 7.27. The third kappa shape index (κ3) is 2.23. The lowest BCUT2D eigenvalue weighted by Gasteiger charge is -2.14. The Morgan fingerprint density at radius 1 is 1.50 bits per heavy atom. The van der Waals surface area contributed by atoms with Crippen LogP contribution < -0.4 is 5.73 Å². The van der Waals surface area contributed by atoms with Gasteiger partial charge in [0, 0.05) is 0 Å². The van der Waals surface area contributed by atoms with E-state index in [-0.39, 0.29) is 11.7 Å². The van der Waals surface area contributed by atoms with Crippen molar-refractivity contribution in [3.8, 4) is 5.75 Å². The molecule has 0 amide bonds. The van der Waals surface area contributed by atoms with Crippen LogP contribution in [0.1, 0.15) is 30.4 Å². The van der Waals surface area contributed by atoms with E-state index in [9.17, 15) is 4.39 Å². The van der Waals surface area contributed by atoms with Crippen LogP contribution in [0.4, 0.5) is 4.39 Å². The zero-order chi connectivity index (χ0) is 10.7. The first-order valence-electron chi connectivity index (χ1n) is 4.75. The van der Waals surface area contributed by atoms with Gasteiger partial charge in [-0.25, -0.2) is 4.39 Å². The average molecular weight is 197 g/mol. The zero-order valence-corrected chi connectivity index (χ0v) is 8.55. The predicted octanol–water partition coefficient (Wildman–Crippen LogP) is 2.29. The lowest BCUT2D eigenvalue weighted by atomic mass is 9.93. The van der Waals surface area contributed by atoms with Gasteiger partial charge in [-0.1, -0.05) is 6.92 Å². The summed E-state index contributed by atoms with van der Waals surface area (Å²) in [5, 5.41) is 9.14. The van der Waals surface area contributed by atoms with Crippen LogP contribution in [0.3, 0.4) is 0 Å². The molecule has 0 spiro atoms. The van der Waals surface area contributed by atoms with E-state index >= 15 is 0 Å². The minimum atomic E-state index is -0.561. The minimum Gasteiger partial charge on any atom is -0.505 e. The Morgan fingerprint density at radius 3 is 2.71 bits per heavy atom. The number of rotatable bonds is 3. The molecule has 0 radical (unpaired) electrons. The van der Waals surface area contributed by atoms with Crippen LogP contribution in [0, 0.1) is 12.7 Å². The smallest absolute Gasteiger partial charge is 0.165 e. The summed E-state index contributed by atoms with van der Waals surface area (Å²) in [7, 11) is 0. The first-order chi connectivity index (χ1) is 6.56. The van der Waals surface area contributed by atoms with E-state index in [1.54, 1.807) is 0 Å². The summed E-state index contributed by atoms with van der Waals surface area (Å²) in [4.78, 5) is 0. The number of hydrogen-bond acceptors (Lipinski definition) is 2. The number of phenolic OH excluding ortho intramolecular Hbond substituents is 1. The van der Waals surface area contributed by atoms with Crippen molar-refractivity contribution in [1.29, 1.82) is 0 Å². The molecule has 0 heterocycles. The summed E-state index contributed by atoms with van der Waals surface area (Å²) in [5.74, 6) is -0.615. The molecule has 1 aromatic rings. The van der Waals surface area contributed by atoms with Gasteiger partial charge in [-0.3, -0.25) is 0 Å². The molecule has 1 unspecified atom stereocenters. The number of aryl methyl sites for hydroxylation is 1. The highest BCUT2D eigenvalue weighted by molar-refractivity contribution is 5.37. The van der Waals surface area contributed by atoms with Gasteiger partial charge in [0.2, 0.25) is 0 Å². The van der Waals surface area contributed by atoms with Gasteiger partial charge in [-0.2, -0.15) is 0 Å². The van der Waals surface area contributed by atoms with E-state index in [0.717, 1.165) is 17.5 Å². The highest BCUT2D eigenvalue weighted by atomic mass is 19.1. The maximum absolute atomic E-state index is 13.1. The highest BCUT2D eigenvalue weighted by Gasteiger charge is 2.11. The van der Waals surface area contributed by atoms with Gasteiger partial charge in [-0.05, 0) is 49.1 Å². The molecule has 0 saturated carbocycles. The average Bonchev–Trinajstić information content (AvgIpc) is 2.11. The van der Waals surface area contributed by atoms with E-state index in [1.807, 2.05) is 13.8 Å². The molecular formula is C11H16FNO. The topological polar surface area (TPSA) is 46.2 Å². The summed E-state index contributed by atoms with van der Waals surface area (Å²) < 4.78 is 13.1. The second kappa shape index (κ2) is 4.42. The van der Waals surface area contributed by atoms with Crippen molar-refractivity contribution in [3.05, 3.63) is 29.1 Å². The van der Waals surface area contributed by atoms with Crippen molar-refractivity contribution in [2.45, 2.75) is 26.2 Å². The molecule has 0 aliphatic rings. The van der Waals surface area contributed by atoms with Crippen LogP contribution in [0.2, 0.25) is 0 Å². The zero-order valence-electron chi connectivity index (χ0n) is 8.55. The van der Waals surface area contributed by atoms with Crippen molar-refractivity contribution in [2.75, 3.05) is 6.54 Å². The van der Waals surface area contributed by atoms with Crippen LogP contribution in [0.15, 0.2) is 12.1 Å². The van der Waals surface area contributed by atoms with Crippen LogP contribution in [-0.2, 0) is 0 Å². The Kier molecular flexibility index (Phi) is 3.47. The molecule has 1 atom stereocenters. The van der Waals surface area contributed by atoms with Crippen LogP contribution in [0.25, 0.3) is 0 Å². The molecule has 2 nitrogen and oxygen atoms in total. The molecule has 0 aromatic heterocycles. The van der Waals surface area contributed by atoms with E-state index < -0.39 is 5.82 Å². The molecule has 0 saturated heterocycles. The van der Waals surface area contributed by atoms with Gasteiger partial charge in [0.15, 0.2) is 11.6 Å². The summed E-state index contributed by atoms with van der Waals surface area (Å²) in [6, 6.07) is 2.85. The second-order valence-electron chi connectivity index (χ2n) is 3.64. The van der Waals surface area contributed by atoms with E-state index in [2.05, 4.69) is 0 Å². The van der Waals surface area contributed by atoms with Gasteiger partial charge in [-0.15, -0.1) is 0 Å². The van der Waals surface area contributed by atoms with Gasteiger partial charge in [0.1, 0.15) is 0 Å². The summed E-state index contributed by atoms with van der Waals surface area (Å²) in [6.07, 6.45) is 0.824. The van der Waals surface area contributed by atoms with Crippen molar-refractivity contribution in [2.24, 2.45) is 5.73 Å². The number of aromatic hydroxyl groups is 1. The first-order valence-corrected chi connectivity index (χ1v) is 4.75. The van der Waals surface area contributed by atoms with Crippen molar-refractivity contribution < 1.29 is 9.50 Å². The second-order valence-corrected chi connectivity index (χ2v) is 3.64. The number of phenols is 1. The van der Waals surface area contributed by atoms with Crippen LogP contribution in [0.5, 0.6) is 5.75 Å². The molecule has 0 bridgehead atoms. The molecule has 1 aromatic carbocycles. The summed E-state index contributed by atoms with van der Waals surface area (Å²) >= 11 is 0. The maximum Gasteiger partial charge on any atom is 0.165 e. The van der Waals surface area contributed by atoms with Crippen molar-refractivity contribution in [1.82, 2.24) is 0 Å². The van der Waals surface area contributed by atoms with E-state index in [0.29, 0.717) is 6.54 Å². The van der Waals surface area contributed by atoms with Gasteiger partial charge < -0.3 is 10.8 Å². The lowest BCUT2D eigenvalue weighted by Crippen LogP contribution is -2.06. The fraction of sp³-hybridized carbons (Fsp3) is 0.455. The lowest BCUT2D eigenvalue weighted by molar-refractivity contribution is 0.430.